The third kappa shape index (κ3) is 4.31. The van der Waals surface area contributed by atoms with E-state index in [1.807, 2.05) is 18.7 Å². The number of carboxylic acids is 1. The Kier molecular flexibility index (Phi) is 5.82. The van der Waals surface area contributed by atoms with E-state index in [9.17, 15) is 19.5 Å². The molecule has 27 heavy (non-hydrogen) atoms. The average Bonchev–Trinajstić information content (AvgIpc) is 3.30. The molecule has 2 aliphatic heterocycles. The standard InChI is InChI=1S/C19H28N4O4/c1-12-13(2)20-21-16(12)5-6-17(24)23-10-14(9-15(11-23)19(26)27)18(25)22-7-3-4-8-22/h14-15H,3-11H2,1-2H3,(H,20,21)(H,26,27)/t14-,15-/m1/s1. The lowest BCUT2D eigenvalue weighted by molar-refractivity contribution is -0.150. The first-order valence-corrected chi connectivity index (χ1v) is 9.66. The number of hydrogen-bond acceptors (Lipinski definition) is 4. The molecule has 2 atom stereocenters. The first-order valence-electron chi connectivity index (χ1n) is 9.66. The molecule has 2 amide bonds. The second kappa shape index (κ2) is 8.10. The SMILES string of the molecule is Cc1[nH]nc(CCC(=O)N2C[C@H](C(=O)O)C[C@@H](C(=O)N3CCCC3)C2)c1C. The molecule has 2 aliphatic rings. The molecule has 3 heterocycles. The zero-order valence-electron chi connectivity index (χ0n) is 16.0. The number of carbonyl (C=O) groups is 3. The maximum absolute atomic E-state index is 12.7. The van der Waals surface area contributed by atoms with Gasteiger partial charge in [-0.1, -0.05) is 0 Å². The Morgan fingerprint density at radius 1 is 1.11 bits per heavy atom. The monoisotopic (exact) mass is 376 g/mol. The summed E-state index contributed by atoms with van der Waals surface area (Å²) in [6, 6.07) is 0. The van der Waals surface area contributed by atoms with Crippen molar-refractivity contribution < 1.29 is 19.5 Å². The smallest absolute Gasteiger partial charge is 0.308 e. The molecule has 0 saturated carbocycles. The van der Waals surface area contributed by atoms with E-state index in [0.29, 0.717) is 19.4 Å². The van der Waals surface area contributed by atoms with Gasteiger partial charge in [0.05, 0.1) is 17.5 Å². The third-order valence-electron chi connectivity index (χ3n) is 5.85. The lowest BCUT2D eigenvalue weighted by atomic mass is 9.88. The Bertz CT molecular complexity index is 723. The quantitative estimate of drug-likeness (QED) is 0.801. The molecule has 0 bridgehead atoms. The van der Waals surface area contributed by atoms with Gasteiger partial charge in [0.25, 0.3) is 0 Å². The van der Waals surface area contributed by atoms with Gasteiger partial charge < -0.3 is 14.9 Å². The number of likely N-dealkylation sites (tertiary alicyclic amines) is 2. The van der Waals surface area contributed by atoms with E-state index < -0.39 is 17.8 Å². The Labute approximate surface area is 158 Å². The number of carboxylic acid groups (broad SMARTS) is 1. The molecule has 148 valence electrons. The number of hydrogen-bond donors (Lipinski definition) is 2. The van der Waals surface area contributed by atoms with Gasteiger partial charge in [-0.25, -0.2) is 0 Å². The summed E-state index contributed by atoms with van der Waals surface area (Å²) < 4.78 is 0. The molecule has 0 aromatic carbocycles. The second-order valence-corrected chi connectivity index (χ2v) is 7.72. The van der Waals surface area contributed by atoms with Crippen LogP contribution in [0.1, 0.15) is 42.6 Å². The predicted molar refractivity (Wildman–Crippen MR) is 98.0 cm³/mol. The summed E-state index contributed by atoms with van der Waals surface area (Å²) in [4.78, 5) is 40.4. The van der Waals surface area contributed by atoms with Gasteiger partial charge >= 0.3 is 5.97 Å². The van der Waals surface area contributed by atoms with Gasteiger partial charge in [0.1, 0.15) is 0 Å². The van der Waals surface area contributed by atoms with E-state index in [4.69, 9.17) is 0 Å². The Balaban J connectivity index is 1.65. The first kappa shape index (κ1) is 19.4. The van der Waals surface area contributed by atoms with Crippen molar-refractivity contribution in [2.24, 2.45) is 11.8 Å². The maximum atomic E-state index is 12.7. The van der Waals surface area contributed by atoms with E-state index in [-0.39, 0.29) is 24.8 Å². The van der Waals surface area contributed by atoms with Crippen LogP contribution < -0.4 is 0 Å². The highest BCUT2D eigenvalue weighted by Gasteiger charge is 2.38. The topological polar surface area (TPSA) is 107 Å². The number of aliphatic carboxylic acids is 1. The molecule has 8 nitrogen and oxygen atoms in total. The Morgan fingerprint density at radius 2 is 1.78 bits per heavy atom. The molecule has 0 spiro atoms. The summed E-state index contributed by atoms with van der Waals surface area (Å²) >= 11 is 0. The second-order valence-electron chi connectivity index (χ2n) is 7.72. The fourth-order valence-corrected chi connectivity index (χ4v) is 4.02. The van der Waals surface area contributed by atoms with Crippen LogP contribution >= 0.6 is 0 Å². The summed E-state index contributed by atoms with van der Waals surface area (Å²) in [5.74, 6) is -2.16. The van der Waals surface area contributed by atoms with Gasteiger partial charge in [-0.05, 0) is 38.7 Å². The number of aromatic nitrogens is 2. The minimum atomic E-state index is -0.939. The van der Waals surface area contributed by atoms with Gasteiger partial charge in [0.15, 0.2) is 0 Å². The van der Waals surface area contributed by atoms with Crippen molar-refractivity contribution in [1.29, 1.82) is 0 Å². The highest BCUT2D eigenvalue weighted by Crippen LogP contribution is 2.26. The minimum absolute atomic E-state index is 0.00461. The molecule has 0 unspecified atom stereocenters. The van der Waals surface area contributed by atoms with Crippen molar-refractivity contribution in [2.45, 2.75) is 46.0 Å². The Morgan fingerprint density at radius 3 is 2.37 bits per heavy atom. The van der Waals surface area contributed by atoms with Crippen molar-refractivity contribution in [3.05, 3.63) is 17.0 Å². The van der Waals surface area contributed by atoms with Crippen LogP contribution in [0.15, 0.2) is 0 Å². The van der Waals surface area contributed by atoms with Crippen molar-refractivity contribution in [3.8, 4) is 0 Å². The number of H-pyrrole nitrogens is 1. The summed E-state index contributed by atoms with van der Waals surface area (Å²) in [5.41, 5.74) is 2.89. The minimum Gasteiger partial charge on any atom is -0.481 e. The normalized spacial score (nSPS) is 22.9. The maximum Gasteiger partial charge on any atom is 0.308 e. The fourth-order valence-electron chi connectivity index (χ4n) is 4.02. The zero-order chi connectivity index (χ0) is 19.6. The highest BCUT2D eigenvalue weighted by molar-refractivity contribution is 5.83. The zero-order valence-corrected chi connectivity index (χ0v) is 16.0. The van der Waals surface area contributed by atoms with E-state index in [1.165, 1.54) is 0 Å². The van der Waals surface area contributed by atoms with Gasteiger partial charge in [-0.2, -0.15) is 5.10 Å². The summed E-state index contributed by atoms with van der Waals surface area (Å²) in [5, 5.41) is 16.6. The van der Waals surface area contributed by atoms with Crippen LogP contribution in [0.4, 0.5) is 0 Å². The number of nitrogens with zero attached hydrogens (tertiary/aromatic N) is 3. The highest BCUT2D eigenvalue weighted by atomic mass is 16.4. The molecule has 2 saturated heterocycles. The molecule has 8 heteroatoms. The molecule has 2 fully saturated rings. The molecule has 3 rings (SSSR count). The van der Waals surface area contributed by atoms with Crippen molar-refractivity contribution in [3.63, 3.8) is 0 Å². The Hall–Kier alpha value is -2.38. The molecular formula is C19H28N4O4. The number of carbonyl (C=O) groups excluding carboxylic acids is 2. The predicted octanol–water partition coefficient (Wildman–Crippen LogP) is 1.13. The van der Waals surface area contributed by atoms with Gasteiger partial charge in [0.2, 0.25) is 11.8 Å². The van der Waals surface area contributed by atoms with Crippen LogP contribution in [0.3, 0.4) is 0 Å². The van der Waals surface area contributed by atoms with Gasteiger partial charge in [0, 0.05) is 44.7 Å². The van der Waals surface area contributed by atoms with Crippen LogP contribution in [-0.2, 0) is 20.8 Å². The van der Waals surface area contributed by atoms with Crippen molar-refractivity contribution >= 4 is 17.8 Å². The number of aromatic amines is 1. The van der Waals surface area contributed by atoms with Crippen LogP contribution in [0.25, 0.3) is 0 Å². The van der Waals surface area contributed by atoms with Crippen LogP contribution in [0.5, 0.6) is 0 Å². The summed E-state index contributed by atoms with van der Waals surface area (Å²) in [6.45, 7) is 5.86. The van der Waals surface area contributed by atoms with Gasteiger partial charge in [-0.15, -0.1) is 0 Å². The van der Waals surface area contributed by atoms with Crippen LogP contribution in [-0.4, -0.2) is 69.1 Å². The van der Waals surface area contributed by atoms with Crippen molar-refractivity contribution in [1.82, 2.24) is 20.0 Å². The average molecular weight is 376 g/mol. The largest absolute Gasteiger partial charge is 0.481 e. The van der Waals surface area contributed by atoms with Crippen LogP contribution in [0.2, 0.25) is 0 Å². The van der Waals surface area contributed by atoms with E-state index in [0.717, 1.165) is 42.9 Å². The number of amides is 2. The molecule has 0 radical (unpaired) electrons. The molecule has 1 aromatic rings. The summed E-state index contributed by atoms with van der Waals surface area (Å²) in [6.07, 6.45) is 3.07. The summed E-state index contributed by atoms with van der Waals surface area (Å²) in [7, 11) is 0. The molecule has 0 aliphatic carbocycles. The molecule has 2 N–H and O–H groups in total. The lowest BCUT2D eigenvalue weighted by Gasteiger charge is -2.37. The third-order valence-corrected chi connectivity index (χ3v) is 5.85. The van der Waals surface area contributed by atoms with Crippen molar-refractivity contribution in [2.75, 3.05) is 26.2 Å². The number of piperidine rings is 1. The molecular weight excluding hydrogens is 348 g/mol. The van der Waals surface area contributed by atoms with E-state index in [1.54, 1.807) is 4.90 Å². The number of nitrogens with one attached hydrogen (secondary N) is 1. The van der Waals surface area contributed by atoms with Crippen LogP contribution in [0, 0.1) is 25.7 Å². The van der Waals surface area contributed by atoms with Gasteiger partial charge in [-0.3, -0.25) is 19.5 Å². The first-order chi connectivity index (χ1) is 12.9. The van der Waals surface area contributed by atoms with E-state index in [2.05, 4.69) is 10.2 Å². The lowest BCUT2D eigenvalue weighted by Crippen LogP contribution is -2.50. The number of aryl methyl sites for hydroxylation is 2. The molecule has 1 aromatic heterocycles. The number of rotatable bonds is 5. The van der Waals surface area contributed by atoms with E-state index >= 15 is 0 Å². The fraction of sp³-hybridized carbons (Fsp3) is 0.684.